The molecule has 0 saturated carbocycles. The average Bonchev–Trinajstić information content (AvgIpc) is 2.80. The number of hydrogen-bond acceptors (Lipinski definition) is 3. The van der Waals surface area contributed by atoms with Crippen molar-refractivity contribution >= 4 is 23.0 Å². The van der Waals surface area contributed by atoms with E-state index in [1.54, 1.807) is 12.1 Å². The van der Waals surface area contributed by atoms with E-state index in [-0.39, 0.29) is 10.8 Å². The van der Waals surface area contributed by atoms with Crippen LogP contribution in [0.4, 0.5) is 15.8 Å². The van der Waals surface area contributed by atoms with Crippen LogP contribution in [0.15, 0.2) is 12.1 Å². The van der Waals surface area contributed by atoms with Gasteiger partial charge >= 0.3 is 0 Å². The van der Waals surface area contributed by atoms with Crippen molar-refractivity contribution in [1.82, 2.24) is 0 Å². The van der Waals surface area contributed by atoms with Crippen LogP contribution in [0.2, 0.25) is 5.02 Å². The first-order valence-electron chi connectivity index (χ1n) is 6.78. The van der Waals surface area contributed by atoms with Crippen molar-refractivity contribution in [2.45, 2.75) is 19.4 Å². The molecule has 3 rings (SSSR count). The molecule has 2 aliphatic rings. The van der Waals surface area contributed by atoms with E-state index in [2.05, 4.69) is 17.1 Å². The lowest BCUT2D eigenvalue weighted by molar-refractivity contribution is 0.185. The van der Waals surface area contributed by atoms with Crippen LogP contribution in [-0.4, -0.2) is 32.3 Å². The highest BCUT2D eigenvalue weighted by atomic mass is 35.5. The van der Waals surface area contributed by atoms with Gasteiger partial charge in [-0.1, -0.05) is 18.5 Å². The molecular formula is C14H18ClFN2O. The van der Waals surface area contributed by atoms with Gasteiger partial charge in [-0.25, -0.2) is 4.39 Å². The van der Waals surface area contributed by atoms with Crippen molar-refractivity contribution in [3.8, 4) is 0 Å². The normalized spacial score (nSPS) is 25.5. The summed E-state index contributed by atoms with van der Waals surface area (Å²) in [5.74, 6) is 0.0847. The van der Waals surface area contributed by atoms with E-state index < -0.39 is 0 Å². The zero-order chi connectivity index (χ0) is 13.4. The minimum absolute atomic E-state index is 0.172. The second kappa shape index (κ2) is 5.17. The summed E-state index contributed by atoms with van der Waals surface area (Å²) in [6.45, 7) is 5.37. The number of halogens is 2. The van der Waals surface area contributed by atoms with Crippen molar-refractivity contribution in [2.75, 3.05) is 36.5 Å². The summed E-state index contributed by atoms with van der Waals surface area (Å²) < 4.78 is 19.4. The summed E-state index contributed by atoms with van der Waals surface area (Å²) in [5, 5.41) is 3.55. The Kier molecular flexibility index (Phi) is 3.54. The number of hydrogen-bond donors (Lipinski definition) is 1. The largest absolute Gasteiger partial charge is 0.383 e. The van der Waals surface area contributed by atoms with E-state index in [1.807, 2.05) is 0 Å². The molecule has 2 heterocycles. The predicted octanol–water partition coefficient (Wildman–Crippen LogP) is 3.14. The molecule has 2 atom stereocenters. The maximum Gasteiger partial charge on any atom is 0.144 e. The van der Waals surface area contributed by atoms with E-state index in [4.69, 9.17) is 16.3 Å². The lowest BCUT2D eigenvalue weighted by Gasteiger charge is -2.31. The minimum Gasteiger partial charge on any atom is -0.383 e. The van der Waals surface area contributed by atoms with Crippen LogP contribution in [0.3, 0.4) is 0 Å². The molecule has 0 spiro atoms. The predicted molar refractivity (Wildman–Crippen MR) is 75.6 cm³/mol. The van der Waals surface area contributed by atoms with Crippen LogP contribution in [0.25, 0.3) is 0 Å². The second-order valence-electron chi connectivity index (χ2n) is 5.22. The van der Waals surface area contributed by atoms with E-state index in [9.17, 15) is 4.39 Å². The van der Waals surface area contributed by atoms with Crippen molar-refractivity contribution in [2.24, 2.45) is 5.92 Å². The molecule has 19 heavy (non-hydrogen) atoms. The first-order valence-corrected chi connectivity index (χ1v) is 7.15. The third-order valence-corrected chi connectivity index (χ3v) is 4.22. The summed E-state index contributed by atoms with van der Waals surface area (Å²) in [4.78, 5) is 2.27. The molecule has 1 saturated heterocycles. The monoisotopic (exact) mass is 284 g/mol. The number of benzene rings is 1. The van der Waals surface area contributed by atoms with Gasteiger partial charge in [-0.3, -0.25) is 0 Å². The Labute approximate surface area is 117 Å². The van der Waals surface area contributed by atoms with E-state index in [1.165, 1.54) is 0 Å². The molecule has 1 aromatic carbocycles. The zero-order valence-electron chi connectivity index (χ0n) is 11.0. The van der Waals surface area contributed by atoms with E-state index in [0.717, 1.165) is 44.1 Å². The number of fused-ring (bicyclic) bond motifs is 2. The summed E-state index contributed by atoms with van der Waals surface area (Å²) in [5.41, 5.74) is 1.83. The Bertz CT molecular complexity index is 483. The summed E-state index contributed by atoms with van der Waals surface area (Å²) in [6.07, 6.45) is 1.02. The molecule has 0 radical (unpaired) electrons. The van der Waals surface area contributed by atoms with Crippen molar-refractivity contribution in [1.29, 1.82) is 0 Å². The molecule has 1 aromatic rings. The Balaban J connectivity index is 2.04. The van der Waals surface area contributed by atoms with Crippen LogP contribution in [0.5, 0.6) is 0 Å². The number of ether oxygens (including phenoxy) is 1. The molecule has 5 heteroatoms. The summed E-state index contributed by atoms with van der Waals surface area (Å²) >= 11 is 5.89. The maximum absolute atomic E-state index is 13.8. The smallest absolute Gasteiger partial charge is 0.144 e. The third kappa shape index (κ3) is 2.28. The van der Waals surface area contributed by atoms with Gasteiger partial charge in [0.25, 0.3) is 0 Å². The van der Waals surface area contributed by atoms with Gasteiger partial charge in [-0.2, -0.15) is 0 Å². The number of rotatable bonds is 2. The Morgan fingerprint density at radius 2 is 2.32 bits per heavy atom. The lowest BCUT2D eigenvalue weighted by Crippen LogP contribution is -2.41. The fraction of sp³-hybridized carbons (Fsp3) is 0.571. The van der Waals surface area contributed by atoms with E-state index >= 15 is 0 Å². The molecule has 0 aromatic heterocycles. The summed E-state index contributed by atoms with van der Waals surface area (Å²) in [6, 6.07) is 3.56. The van der Waals surface area contributed by atoms with Crippen molar-refractivity contribution in [3.05, 3.63) is 23.0 Å². The lowest BCUT2D eigenvalue weighted by atomic mass is 10.0. The van der Waals surface area contributed by atoms with Crippen LogP contribution in [-0.2, 0) is 4.74 Å². The van der Waals surface area contributed by atoms with Crippen LogP contribution in [0.1, 0.15) is 13.3 Å². The van der Waals surface area contributed by atoms with Gasteiger partial charge in [-0.05, 0) is 12.5 Å². The van der Waals surface area contributed by atoms with Gasteiger partial charge in [0.15, 0.2) is 0 Å². The Morgan fingerprint density at radius 1 is 1.47 bits per heavy atom. The molecule has 0 bridgehead atoms. The van der Waals surface area contributed by atoms with Gasteiger partial charge in [0, 0.05) is 25.1 Å². The van der Waals surface area contributed by atoms with Gasteiger partial charge in [0.2, 0.25) is 0 Å². The fourth-order valence-corrected chi connectivity index (χ4v) is 3.15. The average molecular weight is 285 g/mol. The Hall–Kier alpha value is -1.00. The molecule has 1 fully saturated rings. The number of anilines is 2. The first-order chi connectivity index (χ1) is 9.20. The molecule has 2 unspecified atom stereocenters. The molecular weight excluding hydrogens is 267 g/mol. The van der Waals surface area contributed by atoms with Crippen molar-refractivity contribution in [3.63, 3.8) is 0 Å². The van der Waals surface area contributed by atoms with Crippen molar-refractivity contribution < 1.29 is 9.13 Å². The van der Waals surface area contributed by atoms with Crippen LogP contribution >= 0.6 is 11.6 Å². The van der Waals surface area contributed by atoms with Crippen LogP contribution < -0.4 is 10.2 Å². The number of nitrogens with zero attached hydrogens (tertiary/aromatic N) is 1. The standard InChI is InChI=1S/C14H18ClFN2O/c1-2-3-18-13-5-11(16)10(15)4-12(13)17-6-9-7-19-8-14(9)18/h4-5,9,14,17H,2-3,6-8H2,1H3. The van der Waals surface area contributed by atoms with Gasteiger partial charge in [0.1, 0.15) is 5.82 Å². The van der Waals surface area contributed by atoms with Gasteiger partial charge < -0.3 is 15.0 Å². The van der Waals surface area contributed by atoms with E-state index in [0.29, 0.717) is 12.0 Å². The van der Waals surface area contributed by atoms with Gasteiger partial charge in [0.05, 0.1) is 35.7 Å². The second-order valence-corrected chi connectivity index (χ2v) is 5.63. The van der Waals surface area contributed by atoms with Gasteiger partial charge in [-0.15, -0.1) is 0 Å². The number of nitrogens with one attached hydrogen (secondary N) is 1. The maximum atomic E-state index is 13.8. The fourth-order valence-electron chi connectivity index (χ4n) is 2.99. The molecule has 104 valence electrons. The highest BCUT2D eigenvalue weighted by molar-refractivity contribution is 6.31. The molecule has 0 aliphatic carbocycles. The third-order valence-electron chi connectivity index (χ3n) is 3.93. The zero-order valence-corrected chi connectivity index (χ0v) is 11.7. The molecule has 1 N–H and O–H groups in total. The highest BCUT2D eigenvalue weighted by Gasteiger charge is 2.36. The van der Waals surface area contributed by atoms with Crippen LogP contribution in [0, 0.1) is 11.7 Å². The molecule has 0 amide bonds. The molecule has 3 nitrogen and oxygen atoms in total. The SMILES string of the molecule is CCCN1c2cc(F)c(Cl)cc2NCC2COCC21. The Morgan fingerprint density at radius 3 is 3.11 bits per heavy atom. The topological polar surface area (TPSA) is 24.5 Å². The quantitative estimate of drug-likeness (QED) is 0.903. The highest BCUT2D eigenvalue weighted by Crippen LogP contribution is 2.38. The minimum atomic E-state index is -0.360. The first kappa shape index (κ1) is 13.0. The summed E-state index contributed by atoms with van der Waals surface area (Å²) in [7, 11) is 0. The molecule has 2 aliphatic heterocycles.